The van der Waals surface area contributed by atoms with E-state index in [9.17, 15) is 4.79 Å². The smallest absolute Gasteiger partial charge is 0.227 e. The van der Waals surface area contributed by atoms with Crippen LogP contribution in [0.2, 0.25) is 0 Å². The van der Waals surface area contributed by atoms with Gasteiger partial charge >= 0.3 is 0 Å². The minimum atomic E-state index is -0.0364. The molecular formula is C12H20ClN3OS. The molecular weight excluding hydrogens is 270 g/mol. The maximum atomic E-state index is 11.4. The minimum absolute atomic E-state index is 0. The van der Waals surface area contributed by atoms with E-state index in [0.717, 1.165) is 23.9 Å². The van der Waals surface area contributed by atoms with Gasteiger partial charge in [-0.1, -0.05) is 13.3 Å². The Hall–Kier alpha value is -0.650. The Balaban J connectivity index is 0.00000162. The molecule has 3 N–H and O–H groups in total. The lowest BCUT2D eigenvalue weighted by Crippen LogP contribution is -2.16. The molecule has 1 unspecified atom stereocenters. The van der Waals surface area contributed by atoms with Crippen LogP contribution in [0, 0.1) is 5.92 Å². The molecule has 1 amide bonds. The number of nitrogens with one attached hydrogen (secondary N) is 1. The summed E-state index contributed by atoms with van der Waals surface area (Å²) in [6.45, 7) is 2.62. The number of hydrogen-bond donors (Lipinski definition) is 2. The zero-order valence-electron chi connectivity index (χ0n) is 10.6. The fraction of sp³-hybridized carbons (Fsp3) is 0.667. The normalized spacial score (nSPS) is 17.8. The third kappa shape index (κ3) is 3.67. The number of rotatable bonds is 4. The van der Waals surface area contributed by atoms with Crippen LogP contribution in [-0.4, -0.2) is 17.4 Å². The standard InChI is InChI=1S/C12H19N3OS.ClH/c1-2-8-3-4-9-10(7-8)17-12(14-9)15-11(16)5-6-13;/h8H,2-7,13H2,1H3,(H,14,15,16);1H. The molecule has 102 valence electrons. The highest BCUT2D eigenvalue weighted by Crippen LogP contribution is 2.33. The minimum Gasteiger partial charge on any atom is -0.330 e. The van der Waals surface area contributed by atoms with E-state index in [4.69, 9.17) is 5.73 Å². The zero-order chi connectivity index (χ0) is 12.3. The van der Waals surface area contributed by atoms with Gasteiger partial charge in [0.25, 0.3) is 0 Å². The Labute approximate surface area is 118 Å². The lowest BCUT2D eigenvalue weighted by molar-refractivity contribution is -0.116. The van der Waals surface area contributed by atoms with Gasteiger partial charge < -0.3 is 11.1 Å². The van der Waals surface area contributed by atoms with Crippen molar-refractivity contribution in [3.63, 3.8) is 0 Å². The number of carbonyl (C=O) groups is 1. The molecule has 1 atom stereocenters. The Morgan fingerprint density at radius 3 is 3.06 bits per heavy atom. The Morgan fingerprint density at radius 2 is 2.39 bits per heavy atom. The average molecular weight is 290 g/mol. The molecule has 1 heterocycles. The van der Waals surface area contributed by atoms with Crippen LogP contribution in [0.25, 0.3) is 0 Å². The van der Waals surface area contributed by atoms with Gasteiger partial charge in [0, 0.05) is 17.8 Å². The van der Waals surface area contributed by atoms with Gasteiger partial charge in [-0.15, -0.1) is 23.7 Å². The molecule has 0 spiro atoms. The monoisotopic (exact) mass is 289 g/mol. The Kier molecular flexibility index (Phi) is 6.05. The molecule has 0 aliphatic heterocycles. The molecule has 4 nitrogen and oxygen atoms in total. The van der Waals surface area contributed by atoms with Gasteiger partial charge in [0.15, 0.2) is 5.13 Å². The highest BCUT2D eigenvalue weighted by atomic mass is 35.5. The number of hydrogen-bond acceptors (Lipinski definition) is 4. The van der Waals surface area contributed by atoms with Crippen molar-refractivity contribution < 1.29 is 4.79 Å². The summed E-state index contributed by atoms with van der Waals surface area (Å²) >= 11 is 1.62. The second-order valence-electron chi connectivity index (χ2n) is 4.49. The van der Waals surface area contributed by atoms with Gasteiger partial charge in [0.1, 0.15) is 0 Å². The van der Waals surface area contributed by atoms with E-state index in [1.165, 1.54) is 23.4 Å². The van der Waals surface area contributed by atoms with E-state index in [1.54, 1.807) is 11.3 Å². The number of nitrogens with two attached hydrogens (primary N) is 1. The van der Waals surface area contributed by atoms with E-state index in [2.05, 4.69) is 17.2 Å². The van der Waals surface area contributed by atoms with Crippen LogP contribution in [0.4, 0.5) is 5.13 Å². The first-order chi connectivity index (χ1) is 8.22. The van der Waals surface area contributed by atoms with Crippen LogP contribution in [0.5, 0.6) is 0 Å². The van der Waals surface area contributed by atoms with Gasteiger partial charge in [0.2, 0.25) is 5.91 Å². The number of aryl methyl sites for hydroxylation is 1. The molecule has 1 aromatic heterocycles. The molecule has 0 bridgehead atoms. The van der Waals surface area contributed by atoms with Crippen LogP contribution in [0.1, 0.15) is 36.8 Å². The first-order valence-electron chi connectivity index (χ1n) is 6.21. The number of carbonyl (C=O) groups excluding carboxylic acids is 1. The van der Waals surface area contributed by atoms with Gasteiger partial charge in [-0.05, 0) is 25.2 Å². The highest BCUT2D eigenvalue weighted by molar-refractivity contribution is 7.15. The van der Waals surface area contributed by atoms with Crippen molar-refractivity contribution >= 4 is 34.8 Å². The molecule has 1 aliphatic carbocycles. The molecule has 1 aromatic rings. The molecule has 0 saturated carbocycles. The molecule has 6 heteroatoms. The predicted octanol–water partition coefficient (Wildman–Crippen LogP) is 2.37. The summed E-state index contributed by atoms with van der Waals surface area (Å²) in [4.78, 5) is 17.3. The Morgan fingerprint density at radius 1 is 1.61 bits per heavy atom. The maximum Gasteiger partial charge on any atom is 0.227 e. The summed E-state index contributed by atoms with van der Waals surface area (Å²) in [6.07, 6.45) is 4.99. The van der Waals surface area contributed by atoms with Crippen molar-refractivity contribution in [2.24, 2.45) is 11.7 Å². The number of aromatic nitrogens is 1. The summed E-state index contributed by atoms with van der Waals surface area (Å²) in [5, 5.41) is 3.56. The first kappa shape index (κ1) is 15.4. The van der Waals surface area contributed by atoms with E-state index >= 15 is 0 Å². The van der Waals surface area contributed by atoms with E-state index < -0.39 is 0 Å². The summed E-state index contributed by atoms with van der Waals surface area (Å²) in [6, 6.07) is 0. The van der Waals surface area contributed by atoms with Crippen LogP contribution < -0.4 is 11.1 Å². The van der Waals surface area contributed by atoms with Gasteiger partial charge in [0.05, 0.1) is 5.69 Å². The van der Waals surface area contributed by atoms with Crippen molar-refractivity contribution in [1.82, 2.24) is 4.98 Å². The van der Waals surface area contributed by atoms with Crippen LogP contribution in [0.3, 0.4) is 0 Å². The fourth-order valence-electron chi connectivity index (χ4n) is 2.16. The number of halogens is 1. The molecule has 0 saturated heterocycles. The molecule has 18 heavy (non-hydrogen) atoms. The average Bonchev–Trinajstić information content (AvgIpc) is 2.69. The number of anilines is 1. The number of amides is 1. The number of thiazole rings is 1. The van der Waals surface area contributed by atoms with Crippen LogP contribution in [0.15, 0.2) is 0 Å². The summed E-state index contributed by atoms with van der Waals surface area (Å²) in [5.41, 5.74) is 6.52. The lowest BCUT2D eigenvalue weighted by atomic mass is 9.89. The summed E-state index contributed by atoms with van der Waals surface area (Å²) < 4.78 is 0. The van der Waals surface area contributed by atoms with Crippen molar-refractivity contribution in [2.75, 3.05) is 11.9 Å². The second kappa shape index (κ2) is 7.07. The van der Waals surface area contributed by atoms with E-state index in [0.29, 0.717) is 13.0 Å². The fourth-order valence-corrected chi connectivity index (χ4v) is 3.30. The van der Waals surface area contributed by atoms with E-state index in [-0.39, 0.29) is 18.3 Å². The van der Waals surface area contributed by atoms with Gasteiger partial charge in [-0.25, -0.2) is 4.98 Å². The molecule has 0 radical (unpaired) electrons. The summed E-state index contributed by atoms with van der Waals surface area (Å²) in [7, 11) is 0. The lowest BCUT2D eigenvalue weighted by Gasteiger charge is -2.18. The molecule has 0 aromatic carbocycles. The molecule has 2 rings (SSSR count). The third-order valence-corrected chi connectivity index (χ3v) is 4.27. The Bertz CT molecular complexity index is 408. The molecule has 0 fully saturated rings. The highest BCUT2D eigenvalue weighted by Gasteiger charge is 2.21. The predicted molar refractivity (Wildman–Crippen MR) is 77.5 cm³/mol. The van der Waals surface area contributed by atoms with Crippen molar-refractivity contribution in [3.8, 4) is 0 Å². The SMILES string of the molecule is CCC1CCc2nc(NC(=O)CCN)sc2C1.Cl. The number of nitrogens with zero attached hydrogens (tertiary/aromatic N) is 1. The quantitative estimate of drug-likeness (QED) is 0.894. The number of fused-ring (bicyclic) bond motifs is 1. The zero-order valence-corrected chi connectivity index (χ0v) is 12.2. The van der Waals surface area contributed by atoms with Crippen LogP contribution >= 0.6 is 23.7 Å². The van der Waals surface area contributed by atoms with Crippen molar-refractivity contribution in [3.05, 3.63) is 10.6 Å². The largest absolute Gasteiger partial charge is 0.330 e. The van der Waals surface area contributed by atoms with Gasteiger partial charge in [-0.2, -0.15) is 0 Å². The summed E-state index contributed by atoms with van der Waals surface area (Å²) in [5.74, 6) is 0.751. The third-order valence-electron chi connectivity index (χ3n) is 3.24. The first-order valence-corrected chi connectivity index (χ1v) is 7.03. The maximum absolute atomic E-state index is 11.4. The molecule has 1 aliphatic rings. The van der Waals surface area contributed by atoms with Crippen molar-refractivity contribution in [2.45, 2.75) is 39.0 Å². The van der Waals surface area contributed by atoms with Crippen LogP contribution in [-0.2, 0) is 17.6 Å². The van der Waals surface area contributed by atoms with Gasteiger partial charge in [-0.3, -0.25) is 4.79 Å². The second-order valence-corrected chi connectivity index (χ2v) is 5.58. The topological polar surface area (TPSA) is 68.0 Å². The van der Waals surface area contributed by atoms with Crippen molar-refractivity contribution in [1.29, 1.82) is 0 Å². The van der Waals surface area contributed by atoms with E-state index in [1.807, 2.05) is 0 Å².